The molecule has 0 saturated heterocycles. The molecule has 1 radical (unpaired) electrons. The van der Waals surface area contributed by atoms with E-state index in [1.165, 1.54) is 0 Å². The summed E-state index contributed by atoms with van der Waals surface area (Å²) in [6, 6.07) is 9.88. The van der Waals surface area contributed by atoms with Crippen molar-refractivity contribution in [1.29, 1.82) is 0 Å². The van der Waals surface area contributed by atoms with Crippen molar-refractivity contribution in [2.24, 2.45) is 0 Å². The molecule has 0 fully saturated rings. The summed E-state index contributed by atoms with van der Waals surface area (Å²) >= 11 is 0. The summed E-state index contributed by atoms with van der Waals surface area (Å²) in [7, 11) is 3.35. The van der Waals surface area contributed by atoms with Gasteiger partial charge < -0.3 is 24.3 Å². The van der Waals surface area contributed by atoms with E-state index in [0.29, 0.717) is 0 Å². The van der Waals surface area contributed by atoms with Gasteiger partial charge in [0.15, 0.2) is 0 Å². The summed E-state index contributed by atoms with van der Waals surface area (Å²) in [5, 5.41) is 2.20. The van der Waals surface area contributed by atoms with Crippen LogP contribution in [-0.4, -0.2) is 14.2 Å². The zero-order valence-electron chi connectivity index (χ0n) is 10.2. The molecule has 3 heteroatoms. The van der Waals surface area contributed by atoms with E-state index in [2.05, 4.69) is 0 Å². The van der Waals surface area contributed by atoms with Crippen molar-refractivity contribution in [2.75, 3.05) is 14.2 Å². The monoisotopic (exact) mass is 295 g/mol. The SMILES string of the molecule is COc1ccc(OC)c2[cH-]ccc12.[CH3-].[CH3-].[Zr+3]. The molecule has 0 aromatic heterocycles. The van der Waals surface area contributed by atoms with E-state index in [1.54, 1.807) is 14.2 Å². The Morgan fingerprint density at radius 1 is 0.938 bits per heavy atom. The average Bonchev–Trinajstić information content (AvgIpc) is 2.64. The molecule has 0 amide bonds. The first-order chi connectivity index (χ1) is 6.36. The fraction of sp³-hybridized carbons (Fsp3) is 0.154. The van der Waals surface area contributed by atoms with Crippen LogP contribution in [0.25, 0.3) is 10.8 Å². The molecule has 0 bridgehead atoms. The molecular weight excluding hydrogens is 279 g/mol. The molecule has 0 unspecified atom stereocenters. The van der Waals surface area contributed by atoms with Gasteiger partial charge in [-0.05, 0) is 6.07 Å². The Kier molecular flexibility index (Phi) is 8.37. The van der Waals surface area contributed by atoms with Gasteiger partial charge in [0, 0.05) is 5.75 Å². The third-order valence-corrected chi connectivity index (χ3v) is 2.17. The zero-order valence-corrected chi connectivity index (χ0v) is 12.7. The van der Waals surface area contributed by atoms with Gasteiger partial charge in [-0.15, -0.1) is 11.5 Å². The van der Waals surface area contributed by atoms with E-state index < -0.39 is 0 Å². The molecule has 0 N–H and O–H groups in total. The van der Waals surface area contributed by atoms with Crippen molar-refractivity contribution in [3.63, 3.8) is 0 Å². The van der Waals surface area contributed by atoms with Crippen LogP contribution in [0.3, 0.4) is 0 Å². The number of methoxy groups -OCH3 is 2. The van der Waals surface area contributed by atoms with E-state index in [4.69, 9.17) is 9.47 Å². The van der Waals surface area contributed by atoms with Gasteiger partial charge in [-0.3, -0.25) is 0 Å². The second-order valence-electron chi connectivity index (χ2n) is 2.82. The second-order valence-corrected chi connectivity index (χ2v) is 2.82. The molecule has 0 spiro atoms. The van der Waals surface area contributed by atoms with Crippen molar-refractivity contribution in [3.8, 4) is 11.5 Å². The molecule has 2 aromatic rings. The van der Waals surface area contributed by atoms with Crippen LogP contribution < -0.4 is 9.47 Å². The molecule has 0 aliphatic carbocycles. The maximum atomic E-state index is 5.23. The molecule has 0 heterocycles. The minimum atomic E-state index is 0. The Morgan fingerprint density at radius 3 is 2.06 bits per heavy atom. The summed E-state index contributed by atoms with van der Waals surface area (Å²) in [6.45, 7) is 0. The second kappa shape index (κ2) is 7.56. The number of ether oxygens (including phenoxy) is 2. The number of rotatable bonds is 2. The molecule has 2 rings (SSSR count). The van der Waals surface area contributed by atoms with Crippen molar-refractivity contribution >= 4 is 10.8 Å². The Morgan fingerprint density at radius 2 is 1.50 bits per heavy atom. The first-order valence-corrected chi connectivity index (χ1v) is 4.13. The maximum absolute atomic E-state index is 5.23. The Labute approximate surface area is 117 Å². The topological polar surface area (TPSA) is 18.5 Å². The van der Waals surface area contributed by atoms with Gasteiger partial charge in [0.25, 0.3) is 0 Å². The average molecular weight is 297 g/mol. The van der Waals surface area contributed by atoms with Crippen molar-refractivity contribution in [2.45, 2.75) is 0 Å². The zero-order chi connectivity index (χ0) is 9.26. The third kappa shape index (κ3) is 2.92. The number of hydrogen-bond acceptors (Lipinski definition) is 2. The van der Waals surface area contributed by atoms with Gasteiger partial charge in [-0.2, -0.15) is 12.1 Å². The van der Waals surface area contributed by atoms with E-state index in [1.807, 2.05) is 30.3 Å². The van der Waals surface area contributed by atoms with Crippen LogP contribution in [0.4, 0.5) is 0 Å². The third-order valence-electron chi connectivity index (χ3n) is 2.17. The number of hydrogen-bond donors (Lipinski definition) is 0. The van der Waals surface area contributed by atoms with Crippen LogP contribution in [0.5, 0.6) is 11.5 Å². The first kappa shape index (κ1) is 17.7. The van der Waals surface area contributed by atoms with Crippen molar-refractivity contribution < 1.29 is 35.7 Å². The molecule has 2 aromatic carbocycles. The maximum Gasteiger partial charge on any atom is 3.00 e. The summed E-state index contributed by atoms with van der Waals surface area (Å²) in [6.07, 6.45) is 0. The van der Waals surface area contributed by atoms with Gasteiger partial charge in [0.05, 0.1) is 20.0 Å². The molecular formula is C13H17O2Zr. The minimum absolute atomic E-state index is 0. The van der Waals surface area contributed by atoms with E-state index >= 15 is 0 Å². The minimum Gasteiger partial charge on any atom is -0.539 e. The fourth-order valence-electron chi connectivity index (χ4n) is 1.54. The smallest absolute Gasteiger partial charge is 0.539 e. The quantitative estimate of drug-likeness (QED) is 0.790. The molecule has 0 atom stereocenters. The molecule has 85 valence electrons. The van der Waals surface area contributed by atoms with Crippen LogP contribution in [0.15, 0.2) is 30.3 Å². The van der Waals surface area contributed by atoms with Gasteiger partial charge in [0.2, 0.25) is 0 Å². The van der Waals surface area contributed by atoms with Crippen molar-refractivity contribution in [3.05, 3.63) is 45.2 Å². The standard InChI is InChI=1S/C11H11O2.2CH3.Zr/c1-12-10-6-7-11(13-2)9-5-3-4-8(9)10;;;/h3-7H,1-2H3;2*1H3;/q3*-1;+3. The summed E-state index contributed by atoms with van der Waals surface area (Å²) in [5.74, 6) is 1.78. The summed E-state index contributed by atoms with van der Waals surface area (Å²) in [5.41, 5.74) is 0. The molecule has 0 aliphatic heterocycles. The normalized spacial score (nSPS) is 8.38. The van der Waals surface area contributed by atoms with Crippen molar-refractivity contribution in [1.82, 2.24) is 0 Å². The van der Waals surface area contributed by atoms with Crippen LogP contribution >= 0.6 is 0 Å². The van der Waals surface area contributed by atoms with Crippen LogP contribution in [0.1, 0.15) is 0 Å². The first-order valence-electron chi connectivity index (χ1n) is 4.13. The Hall–Kier alpha value is -0.687. The van der Waals surface area contributed by atoms with Crippen LogP contribution in [0, 0.1) is 14.9 Å². The predicted octanol–water partition coefficient (Wildman–Crippen LogP) is 3.47. The van der Waals surface area contributed by atoms with Gasteiger partial charge in [-0.1, -0.05) is 11.5 Å². The number of fused-ring (bicyclic) bond motifs is 1. The number of benzene rings is 1. The fourth-order valence-corrected chi connectivity index (χ4v) is 1.54. The molecule has 16 heavy (non-hydrogen) atoms. The Balaban J connectivity index is 0. The molecule has 0 saturated carbocycles. The van der Waals surface area contributed by atoms with E-state index in [9.17, 15) is 0 Å². The van der Waals surface area contributed by atoms with Gasteiger partial charge in [-0.25, -0.2) is 0 Å². The summed E-state index contributed by atoms with van der Waals surface area (Å²) < 4.78 is 10.5. The van der Waals surface area contributed by atoms with Gasteiger partial charge >= 0.3 is 26.2 Å². The van der Waals surface area contributed by atoms with Crippen LogP contribution in [0.2, 0.25) is 0 Å². The van der Waals surface area contributed by atoms with E-state index in [0.717, 1.165) is 22.3 Å². The van der Waals surface area contributed by atoms with Gasteiger partial charge in [0.1, 0.15) is 0 Å². The Bertz CT molecular complexity index is 383. The molecule has 0 aliphatic rings. The predicted molar refractivity (Wildman–Crippen MR) is 65.5 cm³/mol. The molecule has 2 nitrogen and oxygen atoms in total. The largest absolute Gasteiger partial charge is 3.00 e. The summed E-state index contributed by atoms with van der Waals surface area (Å²) in [4.78, 5) is 0. The van der Waals surface area contributed by atoms with Crippen LogP contribution in [-0.2, 0) is 26.2 Å². The van der Waals surface area contributed by atoms with E-state index in [-0.39, 0.29) is 41.1 Å².